The highest BCUT2D eigenvalue weighted by molar-refractivity contribution is 7.09. The van der Waals surface area contributed by atoms with E-state index in [0.29, 0.717) is 38.2 Å². The van der Waals surface area contributed by atoms with Crippen molar-refractivity contribution in [2.45, 2.75) is 91.2 Å². The number of benzene rings is 2. The molecular weight excluding hydrogens is 723 g/mol. The number of carbonyl (C=O) groups excluding carboxylic acids is 4. The van der Waals surface area contributed by atoms with E-state index in [9.17, 15) is 24.3 Å². The maximum atomic E-state index is 14.4. The summed E-state index contributed by atoms with van der Waals surface area (Å²) in [6.07, 6.45) is -0.379. The van der Waals surface area contributed by atoms with Gasteiger partial charge in [-0.05, 0) is 48.4 Å². The molecule has 1 fully saturated rings. The van der Waals surface area contributed by atoms with Crippen LogP contribution in [0.1, 0.15) is 62.4 Å². The van der Waals surface area contributed by atoms with Crippen LogP contribution < -0.4 is 20.8 Å². The number of methoxy groups -OCH3 is 2. The van der Waals surface area contributed by atoms with Crippen molar-refractivity contribution in [2.24, 2.45) is 11.8 Å². The summed E-state index contributed by atoms with van der Waals surface area (Å²) in [7, 11) is 2.81. The van der Waals surface area contributed by atoms with E-state index in [4.69, 9.17) is 9.47 Å². The lowest BCUT2D eigenvalue weighted by Gasteiger charge is -2.35. The van der Waals surface area contributed by atoms with E-state index < -0.39 is 36.2 Å². The monoisotopic (exact) mass is 779 g/mol. The van der Waals surface area contributed by atoms with Crippen molar-refractivity contribution in [3.8, 4) is 5.75 Å². The summed E-state index contributed by atoms with van der Waals surface area (Å²) in [5.41, 5.74) is 5.45. The number of hydrogen-bond acceptors (Lipinski definition) is 10. The Kier molecular flexibility index (Phi) is 16.3. The quantitative estimate of drug-likeness (QED) is 0.121. The van der Waals surface area contributed by atoms with Crippen LogP contribution in [-0.4, -0.2) is 107 Å². The molecule has 4 rings (SSSR count). The van der Waals surface area contributed by atoms with Crippen LogP contribution in [0.5, 0.6) is 5.75 Å². The lowest BCUT2D eigenvalue weighted by atomic mass is 9.95. The predicted octanol–water partition coefficient (Wildman–Crippen LogP) is 4.50. The van der Waals surface area contributed by atoms with Crippen molar-refractivity contribution >= 4 is 35.3 Å². The second-order valence-corrected chi connectivity index (χ2v) is 15.2. The van der Waals surface area contributed by atoms with Crippen molar-refractivity contribution in [3.05, 3.63) is 81.8 Å². The number of aliphatic hydroxyl groups is 1. The minimum Gasteiger partial charge on any atom is -0.497 e. The van der Waals surface area contributed by atoms with Crippen LogP contribution in [0.2, 0.25) is 0 Å². The molecule has 1 aromatic heterocycles. The van der Waals surface area contributed by atoms with Gasteiger partial charge in [-0.15, -0.1) is 11.3 Å². The van der Waals surface area contributed by atoms with Gasteiger partial charge in [-0.3, -0.25) is 15.0 Å². The molecule has 3 aromatic rings. The van der Waals surface area contributed by atoms with E-state index in [1.54, 1.807) is 34.1 Å². The predicted molar refractivity (Wildman–Crippen MR) is 211 cm³/mol. The molecule has 2 aromatic carbocycles. The van der Waals surface area contributed by atoms with Gasteiger partial charge in [-0.2, -0.15) is 0 Å². The number of aromatic nitrogens is 1. The summed E-state index contributed by atoms with van der Waals surface area (Å²) in [6.45, 7) is 11.0. The molecule has 2 heterocycles. The third-order valence-electron chi connectivity index (χ3n) is 10.2. The Balaban J connectivity index is 1.60. The number of thiazole rings is 1. The van der Waals surface area contributed by atoms with Crippen molar-refractivity contribution in [1.29, 1.82) is 0 Å². The Labute approximate surface area is 328 Å². The Hall–Kier alpha value is -4.73. The molecule has 0 spiro atoms. The first-order valence-electron chi connectivity index (χ1n) is 18.9. The van der Waals surface area contributed by atoms with Crippen LogP contribution in [0.25, 0.3) is 0 Å². The number of hydrogen-bond donors (Lipinski definition) is 4. The molecule has 4 N–H and O–H groups in total. The Bertz CT molecular complexity index is 1690. The smallest absolute Gasteiger partial charge is 0.407 e. The number of hydrazine groups is 1. The van der Waals surface area contributed by atoms with Crippen LogP contribution in [0.3, 0.4) is 0 Å². The molecule has 55 heavy (non-hydrogen) atoms. The van der Waals surface area contributed by atoms with E-state index in [1.165, 1.54) is 18.4 Å². The summed E-state index contributed by atoms with van der Waals surface area (Å²) in [6, 6.07) is 14.1. The van der Waals surface area contributed by atoms with E-state index in [-0.39, 0.29) is 43.3 Å². The molecule has 0 radical (unpaired) electrons. The fourth-order valence-corrected chi connectivity index (χ4v) is 7.20. The summed E-state index contributed by atoms with van der Waals surface area (Å²) in [4.78, 5) is 62.1. The van der Waals surface area contributed by atoms with Crippen molar-refractivity contribution in [2.75, 3.05) is 33.9 Å². The van der Waals surface area contributed by atoms with Gasteiger partial charge in [0.2, 0.25) is 5.91 Å². The second kappa shape index (κ2) is 20.8. The second-order valence-electron chi connectivity index (χ2n) is 14.2. The summed E-state index contributed by atoms with van der Waals surface area (Å²) >= 11 is 1.53. The lowest BCUT2D eigenvalue weighted by molar-refractivity contribution is -0.132. The number of ether oxygens (including phenoxy) is 2. The molecule has 5 amide bonds. The van der Waals surface area contributed by atoms with Crippen molar-refractivity contribution < 1.29 is 33.8 Å². The summed E-state index contributed by atoms with van der Waals surface area (Å²) < 4.78 is 10.1. The zero-order valence-corrected chi connectivity index (χ0v) is 33.8. The van der Waals surface area contributed by atoms with Crippen LogP contribution in [0.4, 0.5) is 9.59 Å². The average Bonchev–Trinajstić information content (AvgIpc) is 3.76. The number of urea groups is 1. The average molecular weight is 780 g/mol. The molecule has 300 valence electrons. The number of rotatable bonds is 20. The number of nitrogens with zero attached hydrogens (tertiary/aromatic N) is 4. The van der Waals surface area contributed by atoms with Gasteiger partial charge in [0.15, 0.2) is 0 Å². The zero-order valence-electron chi connectivity index (χ0n) is 33.0. The molecule has 15 heteroatoms. The molecule has 0 saturated carbocycles. The van der Waals surface area contributed by atoms with E-state index in [2.05, 4.69) is 21.0 Å². The number of alkyl carbamates (subject to hydrolysis) is 1. The molecule has 14 nitrogen and oxygen atoms in total. The number of carbonyl (C=O) groups is 4. The number of nitrogens with one attached hydrogen (secondary N) is 3. The summed E-state index contributed by atoms with van der Waals surface area (Å²) in [5.74, 6) is -0.586. The maximum Gasteiger partial charge on any atom is 0.407 e. The fraction of sp³-hybridized carbons (Fsp3) is 0.525. The number of amides is 5. The van der Waals surface area contributed by atoms with Crippen LogP contribution in [0.15, 0.2) is 60.0 Å². The highest BCUT2D eigenvalue weighted by Gasteiger charge is 2.41. The number of aliphatic hydroxyl groups excluding tert-OH is 1. The van der Waals surface area contributed by atoms with Crippen LogP contribution in [-0.2, 0) is 33.8 Å². The summed E-state index contributed by atoms with van der Waals surface area (Å²) in [5, 5.41) is 22.2. The zero-order chi connectivity index (χ0) is 40.1. The lowest BCUT2D eigenvalue weighted by Crippen LogP contribution is -2.59. The first-order valence-corrected chi connectivity index (χ1v) is 19.8. The molecule has 6 atom stereocenters. The minimum atomic E-state index is -1.19. The largest absolute Gasteiger partial charge is 0.497 e. The topological polar surface area (TPSA) is 166 Å². The highest BCUT2D eigenvalue weighted by Crippen LogP contribution is 2.24. The minimum absolute atomic E-state index is 0.0848. The van der Waals surface area contributed by atoms with E-state index >= 15 is 0 Å². The Morgan fingerprint density at radius 2 is 1.64 bits per heavy atom. The third-order valence-corrected chi connectivity index (χ3v) is 11.0. The van der Waals surface area contributed by atoms with Gasteiger partial charge in [0, 0.05) is 31.6 Å². The normalized spacial score (nSPS) is 16.2. The number of aryl methyl sites for hydroxylation is 1. The van der Waals surface area contributed by atoms with Gasteiger partial charge in [-0.25, -0.2) is 19.6 Å². The molecule has 1 saturated heterocycles. The van der Waals surface area contributed by atoms with Crippen molar-refractivity contribution in [1.82, 2.24) is 35.9 Å². The SMILES string of the molecule is CCC(C)C(NC(=O)OC)C(=O)NN(Cc1ccc(OC)cc1)CC(O)C(Cc1ccccc1)NC(=O)C(C(C)CC)N1CCN(Cc2csc(C)n2)C1=O. The van der Waals surface area contributed by atoms with Gasteiger partial charge in [0.1, 0.15) is 17.8 Å². The van der Waals surface area contributed by atoms with E-state index in [1.807, 2.05) is 82.5 Å². The Morgan fingerprint density at radius 1 is 0.945 bits per heavy atom. The highest BCUT2D eigenvalue weighted by atomic mass is 32.1. The van der Waals surface area contributed by atoms with Crippen molar-refractivity contribution in [3.63, 3.8) is 0 Å². The van der Waals surface area contributed by atoms with Crippen LogP contribution >= 0.6 is 11.3 Å². The van der Waals surface area contributed by atoms with Gasteiger partial charge in [0.25, 0.3) is 5.91 Å². The van der Waals surface area contributed by atoms with Gasteiger partial charge >= 0.3 is 12.1 Å². The first-order chi connectivity index (χ1) is 26.4. The first kappa shape index (κ1) is 43.0. The molecule has 1 aliphatic heterocycles. The third kappa shape index (κ3) is 12.1. The van der Waals surface area contributed by atoms with Gasteiger partial charge in [-0.1, -0.05) is 83.0 Å². The molecule has 1 aliphatic rings. The Morgan fingerprint density at radius 3 is 2.24 bits per heavy atom. The van der Waals surface area contributed by atoms with Gasteiger partial charge < -0.3 is 35.0 Å². The van der Waals surface area contributed by atoms with Crippen LogP contribution in [0, 0.1) is 18.8 Å². The van der Waals surface area contributed by atoms with Gasteiger partial charge in [0.05, 0.1) is 43.6 Å². The standard InChI is InChI=1S/C40H57N7O7S/c1-8-26(3)35(43-39(51)54-7)37(49)44-46(22-30-15-17-32(53-6)18-16-30)24-34(48)33(21-29-13-11-10-12-14-29)42-38(50)36(27(4)9-2)47-20-19-45(40(47)52)23-31-25-55-28(5)41-31/h10-18,25-27,33-36,48H,8-9,19-24H2,1-7H3,(H,42,50)(H,43,51)(H,44,49). The van der Waals surface area contributed by atoms with E-state index in [0.717, 1.165) is 21.8 Å². The maximum absolute atomic E-state index is 14.4. The molecular formula is C40H57N7O7S. The molecule has 6 unspecified atom stereocenters. The molecule has 0 aliphatic carbocycles. The molecule has 0 bridgehead atoms. The fourth-order valence-electron chi connectivity index (χ4n) is 6.60.